The van der Waals surface area contributed by atoms with Crippen LogP contribution in [-0.4, -0.2) is 33.3 Å². The van der Waals surface area contributed by atoms with Crippen LogP contribution in [0.25, 0.3) is 5.76 Å². The van der Waals surface area contributed by atoms with Crippen LogP contribution >= 0.6 is 0 Å². The van der Waals surface area contributed by atoms with Crippen molar-refractivity contribution in [2.75, 3.05) is 6.61 Å². The second kappa shape index (κ2) is 9.91. The Morgan fingerprint density at radius 2 is 1.79 bits per heavy atom. The molecule has 0 radical (unpaired) electrons. The molecule has 1 amide bonds. The van der Waals surface area contributed by atoms with E-state index in [-0.39, 0.29) is 17.9 Å². The van der Waals surface area contributed by atoms with Gasteiger partial charge in [-0.3, -0.25) is 14.6 Å². The first-order valence-electron chi connectivity index (χ1n) is 11.3. The quantitative estimate of drug-likeness (QED) is 0.306. The molecule has 6 heteroatoms. The molecular formula is C28H28N2O4. The Balaban J connectivity index is 1.82. The van der Waals surface area contributed by atoms with Crippen LogP contribution in [0.15, 0.2) is 78.6 Å². The van der Waals surface area contributed by atoms with Gasteiger partial charge in [-0.1, -0.05) is 50.2 Å². The molecule has 0 spiro atoms. The molecule has 174 valence electrons. The number of Topliss-reactive ketones (excluding diaryl/α,β-unsaturated/α-hetero) is 1. The van der Waals surface area contributed by atoms with Gasteiger partial charge in [-0.15, -0.1) is 0 Å². The first kappa shape index (κ1) is 23.2. The molecule has 0 bridgehead atoms. The molecule has 1 atom stereocenters. The highest BCUT2D eigenvalue weighted by Gasteiger charge is 2.46. The van der Waals surface area contributed by atoms with Crippen molar-refractivity contribution in [1.29, 1.82) is 0 Å². The molecule has 1 saturated heterocycles. The fourth-order valence-electron chi connectivity index (χ4n) is 4.10. The number of hydrogen-bond acceptors (Lipinski definition) is 5. The van der Waals surface area contributed by atoms with Gasteiger partial charge in [0.1, 0.15) is 11.5 Å². The first-order valence-corrected chi connectivity index (χ1v) is 11.3. The molecule has 3 aromatic rings. The van der Waals surface area contributed by atoms with Crippen LogP contribution in [0.4, 0.5) is 0 Å². The lowest BCUT2D eigenvalue weighted by atomic mass is 9.92. The van der Waals surface area contributed by atoms with Crippen LogP contribution in [0.5, 0.6) is 5.75 Å². The molecule has 2 aromatic carbocycles. The summed E-state index contributed by atoms with van der Waals surface area (Å²) in [6.07, 6.45) is 3.30. The monoisotopic (exact) mass is 456 g/mol. The SMILES string of the molecule is Cc1ccccc1C1/C(=C(\O)c2cccc(OCC(C)C)c2)C(=O)C(=O)N1Cc1ccncc1. The van der Waals surface area contributed by atoms with E-state index >= 15 is 0 Å². The van der Waals surface area contributed by atoms with Gasteiger partial charge in [-0.2, -0.15) is 0 Å². The molecule has 0 aliphatic carbocycles. The summed E-state index contributed by atoms with van der Waals surface area (Å²) < 4.78 is 5.80. The lowest BCUT2D eigenvalue weighted by molar-refractivity contribution is -0.140. The molecule has 34 heavy (non-hydrogen) atoms. The van der Waals surface area contributed by atoms with Gasteiger partial charge in [0.05, 0.1) is 18.2 Å². The molecule has 1 aliphatic heterocycles. The van der Waals surface area contributed by atoms with Crippen molar-refractivity contribution in [3.63, 3.8) is 0 Å². The third-order valence-corrected chi connectivity index (χ3v) is 5.82. The number of aromatic nitrogens is 1. The van der Waals surface area contributed by atoms with Gasteiger partial charge < -0.3 is 14.7 Å². The number of carbonyl (C=O) groups excluding carboxylic acids is 2. The molecule has 1 aromatic heterocycles. The standard InChI is InChI=1S/C28H28N2O4/c1-18(2)17-34-22-9-6-8-21(15-22)26(31)24-25(23-10-5-4-7-19(23)3)30(28(33)27(24)32)16-20-11-13-29-14-12-20/h4-15,18,25,31H,16-17H2,1-3H3/b26-24+. The molecule has 2 heterocycles. The number of pyridine rings is 1. The summed E-state index contributed by atoms with van der Waals surface area (Å²) in [6.45, 7) is 6.79. The van der Waals surface area contributed by atoms with E-state index in [1.165, 1.54) is 4.90 Å². The average Bonchev–Trinajstić information content (AvgIpc) is 3.08. The van der Waals surface area contributed by atoms with Crippen LogP contribution in [0, 0.1) is 12.8 Å². The smallest absolute Gasteiger partial charge is 0.295 e. The fraction of sp³-hybridized carbons (Fsp3) is 0.250. The van der Waals surface area contributed by atoms with E-state index < -0.39 is 17.7 Å². The summed E-state index contributed by atoms with van der Waals surface area (Å²) in [5.74, 6) is -0.612. The van der Waals surface area contributed by atoms with E-state index in [4.69, 9.17) is 4.74 Å². The summed E-state index contributed by atoms with van der Waals surface area (Å²) >= 11 is 0. The van der Waals surface area contributed by atoms with E-state index in [2.05, 4.69) is 18.8 Å². The maximum Gasteiger partial charge on any atom is 0.295 e. The van der Waals surface area contributed by atoms with Crippen molar-refractivity contribution in [3.8, 4) is 5.75 Å². The van der Waals surface area contributed by atoms with E-state index in [0.717, 1.165) is 16.7 Å². The van der Waals surface area contributed by atoms with Crippen molar-refractivity contribution in [1.82, 2.24) is 9.88 Å². The molecule has 6 nitrogen and oxygen atoms in total. The van der Waals surface area contributed by atoms with Gasteiger partial charge in [0, 0.05) is 24.5 Å². The van der Waals surface area contributed by atoms with Crippen molar-refractivity contribution in [2.45, 2.75) is 33.4 Å². The summed E-state index contributed by atoms with van der Waals surface area (Å²) in [6, 6.07) is 17.5. The fourth-order valence-corrected chi connectivity index (χ4v) is 4.10. The number of likely N-dealkylation sites (tertiary alicyclic amines) is 1. The first-order chi connectivity index (χ1) is 16.4. The third kappa shape index (κ3) is 4.71. The van der Waals surface area contributed by atoms with Gasteiger partial charge in [0.25, 0.3) is 11.7 Å². The molecule has 1 unspecified atom stereocenters. The summed E-state index contributed by atoms with van der Waals surface area (Å²) in [5, 5.41) is 11.3. The summed E-state index contributed by atoms with van der Waals surface area (Å²) in [4.78, 5) is 32.0. The number of amides is 1. The zero-order valence-corrected chi connectivity index (χ0v) is 19.6. The van der Waals surface area contributed by atoms with Crippen LogP contribution in [0.1, 0.15) is 42.1 Å². The Bertz CT molecular complexity index is 1230. The van der Waals surface area contributed by atoms with E-state index in [0.29, 0.717) is 23.8 Å². The van der Waals surface area contributed by atoms with Crippen molar-refractivity contribution in [3.05, 3.63) is 101 Å². The number of aliphatic hydroxyl groups is 1. The minimum Gasteiger partial charge on any atom is -0.507 e. The number of ketones is 1. The van der Waals surface area contributed by atoms with E-state index in [1.54, 1.807) is 36.7 Å². The second-order valence-corrected chi connectivity index (χ2v) is 8.87. The number of benzene rings is 2. The molecule has 1 N–H and O–H groups in total. The Morgan fingerprint density at radius 1 is 1.06 bits per heavy atom. The number of aryl methyl sites for hydroxylation is 1. The average molecular weight is 457 g/mol. The normalized spacial score (nSPS) is 17.4. The van der Waals surface area contributed by atoms with E-state index in [9.17, 15) is 14.7 Å². The Labute approximate surface area is 199 Å². The number of ether oxygens (including phenoxy) is 1. The Hall–Kier alpha value is -3.93. The highest BCUT2D eigenvalue weighted by molar-refractivity contribution is 6.46. The second-order valence-electron chi connectivity index (χ2n) is 8.87. The maximum atomic E-state index is 13.3. The lowest BCUT2D eigenvalue weighted by Crippen LogP contribution is -2.29. The number of rotatable bonds is 7. The minimum atomic E-state index is -0.713. The summed E-state index contributed by atoms with van der Waals surface area (Å²) in [5.41, 5.74) is 3.08. The van der Waals surface area contributed by atoms with Gasteiger partial charge in [0.2, 0.25) is 0 Å². The number of hydrogen-bond donors (Lipinski definition) is 1. The van der Waals surface area contributed by atoms with Crippen molar-refractivity contribution >= 4 is 17.4 Å². The topological polar surface area (TPSA) is 79.7 Å². The molecular weight excluding hydrogens is 428 g/mol. The number of carbonyl (C=O) groups is 2. The van der Waals surface area contributed by atoms with Crippen molar-refractivity contribution in [2.24, 2.45) is 5.92 Å². The van der Waals surface area contributed by atoms with Crippen LogP contribution < -0.4 is 4.74 Å². The summed E-state index contributed by atoms with van der Waals surface area (Å²) in [7, 11) is 0. The van der Waals surface area contributed by atoms with Gasteiger partial charge in [-0.25, -0.2) is 0 Å². The van der Waals surface area contributed by atoms with Gasteiger partial charge in [-0.05, 0) is 53.8 Å². The zero-order valence-electron chi connectivity index (χ0n) is 19.6. The molecule has 0 saturated carbocycles. The molecule has 4 rings (SSSR count). The van der Waals surface area contributed by atoms with Crippen LogP contribution in [0.3, 0.4) is 0 Å². The Kier molecular flexibility index (Phi) is 6.77. The molecule has 1 aliphatic rings. The van der Waals surface area contributed by atoms with Crippen LogP contribution in [-0.2, 0) is 16.1 Å². The van der Waals surface area contributed by atoms with E-state index in [1.807, 2.05) is 43.3 Å². The van der Waals surface area contributed by atoms with Gasteiger partial charge in [0.15, 0.2) is 0 Å². The Morgan fingerprint density at radius 3 is 2.50 bits per heavy atom. The predicted molar refractivity (Wildman–Crippen MR) is 130 cm³/mol. The lowest BCUT2D eigenvalue weighted by Gasteiger charge is -2.26. The maximum absolute atomic E-state index is 13.3. The van der Waals surface area contributed by atoms with Crippen LogP contribution in [0.2, 0.25) is 0 Å². The predicted octanol–water partition coefficient (Wildman–Crippen LogP) is 5.05. The highest BCUT2D eigenvalue weighted by Crippen LogP contribution is 2.41. The highest BCUT2D eigenvalue weighted by atomic mass is 16.5. The van der Waals surface area contributed by atoms with Gasteiger partial charge >= 0.3 is 0 Å². The zero-order chi connectivity index (χ0) is 24.2. The number of nitrogens with zero attached hydrogens (tertiary/aromatic N) is 2. The minimum absolute atomic E-state index is 0.0781. The largest absolute Gasteiger partial charge is 0.507 e. The number of aliphatic hydroxyl groups excluding tert-OH is 1. The molecule has 1 fully saturated rings. The van der Waals surface area contributed by atoms with Crippen molar-refractivity contribution < 1.29 is 19.4 Å². The third-order valence-electron chi connectivity index (χ3n) is 5.82.